The maximum atomic E-state index is 12.4. The Balaban J connectivity index is 1.94. The summed E-state index contributed by atoms with van der Waals surface area (Å²) >= 11 is 0. The molecule has 0 radical (unpaired) electrons. The molecule has 1 fully saturated rings. The third-order valence-corrected chi connectivity index (χ3v) is 5.35. The molecule has 1 saturated heterocycles. The third-order valence-electron chi connectivity index (χ3n) is 5.35. The summed E-state index contributed by atoms with van der Waals surface area (Å²) in [5.41, 5.74) is 2.37. The highest BCUT2D eigenvalue weighted by Crippen LogP contribution is 2.42. The first-order chi connectivity index (χ1) is 12.1. The fraction of sp³-hybridized carbons (Fsp3) is 0.364. The minimum Gasteiger partial charge on any atom is -0.393 e. The summed E-state index contributed by atoms with van der Waals surface area (Å²) in [6, 6.07) is 20.4. The molecule has 1 heterocycles. The fourth-order valence-electron chi connectivity index (χ4n) is 3.88. The first-order valence-corrected chi connectivity index (χ1v) is 8.97. The molecule has 0 aromatic heterocycles. The van der Waals surface area contributed by atoms with Crippen molar-refractivity contribution in [1.82, 2.24) is 0 Å². The summed E-state index contributed by atoms with van der Waals surface area (Å²) in [7, 11) is 0. The molecule has 2 aromatic rings. The lowest BCUT2D eigenvalue weighted by atomic mass is 9.73. The Labute approximate surface area is 149 Å². The molecule has 130 valence electrons. The minimum absolute atomic E-state index is 0.0275. The number of rotatable bonds is 6. The lowest BCUT2D eigenvalue weighted by Gasteiger charge is -2.28. The monoisotopic (exact) mass is 336 g/mol. The van der Waals surface area contributed by atoms with E-state index in [0.29, 0.717) is 5.92 Å². The van der Waals surface area contributed by atoms with Crippen molar-refractivity contribution in [2.45, 2.75) is 38.5 Å². The minimum atomic E-state index is -0.410. The van der Waals surface area contributed by atoms with Gasteiger partial charge in [0.25, 0.3) is 0 Å². The van der Waals surface area contributed by atoms with Crippen LogP contribution >= 0.6 is 0 Å². The van der Waals surface area contributed by atoms with Gasteiger partial charge in [0.2, 0.25) is 0 Å². The van der Waals surface area contributed by atoms with Crippen LogP contribution in [0.15, 0.2) is 60.7 Å². The summed E-state index contributed by atoms with van der Waals surface area (Å²) in [5.74, 6) is -1.28. The van der Waals surface area contributed by atoms with Gasteiger partial charge in [-0.1, -0.05) is 74.5 Å². The quantitative estimate of drug-likeness (QED) is 0.568. The zero-order valence-corrected chi connectivity index (χ0v) is 14.7. The Kier molecular flexibility index (Phi) is 5.32. The van der Waals surface area contributed by atoms with Crippen molar-refractivity contribution >= 4 is 11.9 Å². The third kappa shape index (κ3) is 3.65. The van der Waals surface area contributed by atoms with Crippen LogP contribution in [-0.4, -0.2) is 11.9 Å². The first kappa shape index (κ1) is 17.4. The summed E-state index contributed by atoms with van der Waals surface area (Å²) < 4.78 is 4.93. The molecule has 1 aliphatic heterocycles. The normalized spacial score (nSPS) is 22.5. The standard InChI is InChI=1S/C22H24O3/c1-3-16(17-10-6-4-7-11-17)14-19(18-12-8-5-9-13-18)20-15(2)21(23)25-22(20)24/h4-13,15-16,19-20H,3,14H2,1-2H3. The smallest absolute Gasteiger partial charge is 0.318 e. The Morgan fingerprint density at radius 1 is 0.880 bits per heavy atom. The molecular weight excluding hydrogens is 312 g/mol. The van der Waals surface area contributed by atoms with Gasteiger partial charge in [-0.2, -0.15) is 0 Å². The van der Waals surface area contributed by atoms with Crippen molar-refractivity contribution in [3.63, 3.8) is 0 Å². The molecule has 3 rings (SSSR count). The van der Waals surface area contributed by atoms with Gasteiger partial charge in [-0.3, -0.25) is 9.59 Å². The predicted octanol–water partition coefficient (Wildman–Crippen LogP) is 4.69. The molecule has 2 aromatic carbocycles. The SMILES string of the molecule is CCC(CC(c1ccccc1)C1C(=O)OC(=O)C1C)c1ccccc1. The van der Waals surface area contributed by atoms with Crippen LogP contribution in [0.5, 0.6) is 0 Å². The van der Waals surface area contributed by atoms with Crippen LogP contribution in [0.1, 0.15) is 49.7 Å². The molecule has 3 nitrogen and oxygen atoms in total. The van der Waals surface area contributed by atoms with Crippen LogP contribution in [0.4, 0.5) is 0 Å². The summed E-state index contributed by atoms with van der Waals surface area (Å²) in [6.45, 7) is 3.97. The lowest BCUT2D eigenvalue weighted by Crippen LogP contribution is -2.25. The topological polar surface area (TPSA) is 43.4 Å². The molecule has 0 aliphatic carbocycles. The molecule has 4 unspecified atom stereocenters. The van der Waals surface area contributed by atoms with Crippen molar-refractivity contribution in [3.05, 3.63) is 71.8 Å². The Morgan fingerprint density at radius 2 is 1.44 bits per heavy atom. The number of esters is 2. The van der Waals surface area contributed by atoms with Gasteiger partial charge in [0.1, 0.15) is 0 Å². The molecule has 25 heavy (non-hydrogen) atoms. The van der Waals surface area contributed by atoms with Crippen LogP contribution in [0.2, 0.25) is 0 Å². The number of hydrogen-bond acceptors (Lipinski definition) is 3. The van der Waals surface area contributed by atoms with Gasteiger partial charge in [0, 0.05) is 0 Å². The number of hydrogen-bond donors (Lipinski definition) is 0. The number of ether oxygens (including phenoxy) is 1. The molecule has 0 saturated carbocycles. The highest BCUT2D eigenvalue weighted by Gasteiger charge is 2.46. The van der Waals surface area contributed by atoms with Gasteiger partial charge in [-0.05, 0) is 35.8 Å². The number of carbonyl (C=O) groups is 2. The molecule has 4 atom stereocenters. The van der Waals surface area contributed by atoms with Crippen molar-refractivity contribution in [1.29, 1.82) is 0 Å². The molecule has 0 bridgehead atoms. The predicted molar refractivity (Wildman–Crippen MR) is 97.0 cm³/mol. The second-order valence-corrected chi connectivity index (χ2v) is 6.82. The lowest BCUT2D eigenvalue weighted by molar-refractivity contribution is -0.153. The van der Waals surface area contributed by atoms with Gasteiger partial charge < -0.3 is 4.74 Å². The summed E-state index contributed by atoms with van der Waals surface area (Å²) in [4.78, 5) is 24.3. The highest BCUT2D eigenvalue weighted by atomic mass is 16.6. The highest BCUT2D eigenvalue weighted by molar-refractivity contribution is 5.96. The molecule has 0 N–H and O–H groups in total. The van der Waals surface area contributed by atoms with Crippen molar-refractivity contribution in [3.8, 4) is 0 Å². The summed E-state index contributed by atoms with van der Waals surface area (Å²) in [6.07, 6.45) is 1.80. The van der Waals surface area contributed by atoms with Crippen LogP contribution in [0, 0.1) is 11.8 Å². The Bertz CT molecular complexity index is 723. The van der Waals surface area contributed by atoms with Gasteiger partial charge in [-0.25, -0.2) is 0 Å². The Morgan fingerprint density at radius 3 is 1.92 bits per heavy atom. The molecule has 3 heteroatoms. The second kappa shape index (κ2) is 7.64. The molecule has 0 spiro atoms. The summed E-state index contributed by atoms with van der Waals surface area (Å²) in [5, 5.41) is 0. The van der Waals surface area contributed by atoms with Crippen LogP contribution in [-0.2, 0) is 14.3 Å². The zero-order chi connectivity index (χ0) is 17.8. The maximum absolute atomic E-state index is 12.4. The van der Waals surface area contributed by atoms with E-state index in [1.165, 1.54) is 5.56 Å². The van der Waals surface area contributed by atoms with Crippen molar-refractivity contribution in [2.75, 3.05) is 0 Å². The van der Waals surface area contributed by atoms with E-state index in [1.54, 1.807) is 6.92 Å². The Hall–Kier alpha value is -2.42. The van der Waals surface area contributed by atoms with Gasteiger partial charge in [0.15, 0.2) is 0 Å². The van der Waals surface area contributed by atoms with Crippen LogP contribution in [0.25, 0.3) is 0 Å². The maximum Gasteiger partial charge on any atom is 0.318 e. The van der Waals surface area contributed by atoms with Gasteiger partial charge in [0.05, 0.1) is 11.8 Å². The number of carbonyl (C=O) groups excluding carboxylic acids is 2. The average molecular weight is 336 g/mol. The first-order valence-electron chi connectivity index (χ1n) is 8.97. The van der Waals surface area contributed by atoms with Crippen molar-refractivity contribution < 1.29 is 14.3 Å². The fourth-order valence-corrected chi connectivity index (χ4v) is 3.88. The van der Waals surface area contributed by atoms with Crippen LogP contribution < -0.4 is 0 Å². The number of benzene rings is 2. The van der Waals surface area contributed by atoms with E-state index in [-0.39, 0.29) is 11.9 Å². The average Bonchev–Trinajstić information content (AvgIpc) is 2.90. The van der Waals surface area contributed by atoms with E-state index in [0.717, 1.165) is 18.4 Å². The second-order valence-electron chi connectivity index (χ2n) is 6.82. The van der Waals surface area contributed by atoms with E-state index in [9.17, 15) is 9.59 Å². The largest absolute Gasteiger partial charge is 0.393 e. The van der Waals surface area contributed by atoms with E-state index in [2.05, 4.69) is 19.1 Å². The van der Waals surface area contributed by atoms with E-state index in [4.69, 9.17) is 4.74 Å². The van der Waals surface area contributed by atoms with E-state index in [1.807, 2.05) is 48.5 Å². The van der Waals surface area contributed by atoms with E-state index < -0.39 is 17.8 Å². The van der Waals surface area contributed by atoms with Gasteiger partial charge in [-0.15, -0.1) is 0 Å². The van der Waals surface area contributed by atoms with E-state index >= 15 is 0 Å². The molecular formula is C22H24O3. The number of cyclic esters (lactones) is 2. The molecule has 1 aliphatic rings. The van der Waals surface area contributed by atoms with Crippen molar-refractivity contribution in [2.24, 2.45) is 11.8 Å². The van der Waals surface area contributed by atoms with Gasteiger partial charge >= 0.3 is 11.9 Å². The molecule has 0 amide bonds. The van der Waals surface area contributed by atoms with Crippen LogP contribution in [0.3, 0.4) is 0 Å². The zero-order valence-electron chi connectivity index (χ0n) is 14.7.